The Kier molecular flexibility index (Phi) is 2.96. The molecule has 0 fully saturated rings. The van der Waals surface area contributed by atoms with Crippen LogP contribution < -0.4 is 5.32 Å². The van der Waals surface area contributed by atoms with Crippen LogP contribution in [0.5, 0.6) is 0 Å². The van der Waals surface area contributed by atoms with Gasteiger partial charge in [0.1, 0.15) is 5.82 Å². The summed E-state index contributed by atoms with van der Waals surface area (Å²) in [5, 5.41) is 8.28. The van der Waals surface area contributed by atoms with Crippen LogP contribution in [0.1, 0.15) is 11.4 Å². The number of aryl methyl sites for hydroxylation is 2. The molecule has 0 atom stereocenters. The van der Waals surface area contributed by atoms with E-state index in [1.807, 2.05) is 30.9 Å². The molecule has 0 saturated carbocycles. The van der Waals surface area contributed by atoms with Crippen molar-refractivity contribution in [3.63, 3.8) is 0 Å². The number of nitrogens with one attached hydrogen (secondary N) is 1. The topological polar surface area (TPSA) is 55.6 Å². The van der Waals surface area contributed by atoms with Gasteiger partial charge in [0.25, 0.3) is 0 Å². The van der Waals surface area contributed by atoms with Crippen LogP contribution in [0.4, 0.5) is 5.13 Å². The van der Waals surface area contributed by atoms with Gasteiger partial charge in [-0.15, -0.1) is 0 Å². The SMILES string of the molecule is Cc1cnn(CCNc2nc(C)ns2)c1. The van der Waals surface area contributed by atoms with Crippen LogP contribution in [0.25, 0.3) is 0 Å². The fourth-order valence-corrected chi connectivity index (χ4v) is 1.83. The first-order valence-corrected chi connectivity index (χ1v) is 5.54. The maximum Gasteiger partial charge on any atom is 0.202 e. The van der Waals surface area contributed by atoms with E-state index in [4.69, 9.17) is 0 Å². The van der Waals surface area contributed by atoms with Crippen molar-refractivity contribution in [1.82, 2.24) is 19.1 Å². The molecule has 2 rings (SSSR count). The molecular weight excluding hydrogens is 210 g/mol. The predicted octanol–water partition coefficient (Wildman–Crippen LogP) is 1.46. The van der Waals surface area contributed by atoms with Gasteiger partial charge in [0.15, 0.2) is 0 Å². The minimum Gasteiger partial charge on any atom is -0.358 e. The van der Waals surface area contributed by atoms with Gasteiger partial charge in [-0.2, -0.15) is 9.47 Å². The number of anilines is 1. The highest BCUT2D eigenvalue weighted by Crippen LogP contribution is 2.09. The lowest BCUT2D eigenvalue weighted by atomic mass is 10.4. The third-order valence-electron chi connectivity index (χ3n) is 1.91. The first-order valence-electron chi connectivity index (χ1n) is 4.77. The Morgan fingerprint density at radius 1 is 1.47 bits per heavy atom. The third kappa shape index (κ3) is 2.76. The van der Waals surface area contributed by atoms with Crippen molar-refractivity contribution in [3.8, 4) is 0 Å². The van der Waals surface area contributed by atoms with Crippen LogP contribution in [-0.2, 0) is 6.54 Å². The smallest absolute Gasteiger partial charge is 0.202 e. The van der Waals surface area contributed by atoms with Crippen LogP contribution in [0.15, 0.2) is 12.4 Å². The second-order valence-corrected chi connectivity index (χ2v) is 4.11. The van der Waals surface area contributed by atoms with Crippen LogP contribution in [-0.4, -0.2) is 25.7 Å². The fraction of sp³-hybridized carbons (Fsp3) is 0.444. The Morgan fingerprint density at radius 3 is 2.93 bits per heavy atom. The number of hydrogen-bond donors (Lipinski definition) is 1. The van der Waals surface area contributed by atoms with Gasteiger partial charge in [0, 0.05) is 24.3 Å². The van der Waals surface area contributed by atoms with Crippen LogP contribution in [0.2, 0.25) is 0 Å². The van der Waals surface area contributed by atoms with E-state index < -0.39 is 0 Å². The molecule has 0 spiro atoms. The summed E-state index contributed by atoms with van der Waals surface area (Å²) < 4.78 is 6.00. The Labute approximate surface area is 92.3 Å². The van der Waals surface area contributed by atoms with Gasteiger partial charge in [-0.3, -0.25) is 4.68 Å². The van der Waals surface area contributed by atoms with Crippen LogP contribution in [0.3, 0.4) is 0 Å². The zero-order valence-corrected chi connectivity index (χ0v) is 9.58. The Hall–Kier alpha value is -1.43. The first-order chi connectivity index (χ1) is 7.24. The highest BCUT2D eigenvalue weighted by Gasteiger charge is 1.98. The van der Waals surface area contributed by atoms with E-state index in [-0.39, 0.29) is 0 Å². The summed E-state index contributed by atoms with van der Waals surface area (Å²) in [6.45, 7) is 5.58. The summed E-state index contributed by atoms with van der Waals surface area (Å²) in [5.41, 5.74) is 1.18. The molecule has 6 heteroatoms. The standard InChI is InChI=1S/C9H13N5S/c1-7-5-11-14(6-7)4-3-10-9-12-8(2)13-15-9/h5-6H,3-4H2,1-2H3,(H,10,12,13). The minimum atomic E-state index is 0.815. The molecule has 1 N–H and O–H groups in total. The second kappa shape index (κ2) is 4.39. The highest BCUT2D eigenvalue weighted by atomic mass is 32.1. The van der Waals surface area contributed by atoms with Crippen molar-refractivity contribution < 1.29 is 0 Å². The normalized spacial score (nSPS) is 10.5. The second-order valence-electron chi connectivity index (χ2n) is 3.35. The number of hydrogen-bond acceptors (Lipinski definition) is 5. The minimum absolute atomic E-state index is 0.815. The molecule has 80 valence electrons. The summed E-state index contributed by atoms with van der Waals surface area (Å²) >= 11 is 1.39. The monoisotopic (exact) mass is 223 g/mol. The summed E-state index contributed by atoms with van der Waals surface area (Å²) in [4.78, 5) is 4.21. The molecule has 0 unspecified atom stereocenters. The summed E-state index contributed by atoms with van der Waals surface area (Å²) in [7, 11) is 0. The molecule has 2 heterocycles. The van der Waals surface area contributed by atoms with E-state index in [0.717, 1.165) is 24.0 Å². The van der Waals surface area contributed by atoms with Gasteiger partial charge in [-0.05, 0) is 19.4 Å². The zero-order valence-electron chi connectivity index (χ0n) is 8.77. The molecule has 0 saturated heterocycles. The largest absolute Gasteiger partial charge is 0.358 e. The van der Waals surface area contributed by atoms with Gasteiger partial charge in [0.2, 0.25) is 5.13 Å². The Balaban J connectivity index is 1.80. The zero-order chi connectivity index (χ0) is 10.7. The van der Waals surface area contributed by atoms with Gasteiger partial charge in [-0.25, -0.2) is 4.98 Å². The van der Waals surface area contributed by atoms with Crippen molar-refractivity contribution in [2.45, 2.75) is 20.4 Å². The lowest BCUT2D eigenvalue weighted by Crippen LogP contribution is -2.10. The third-order valence-corrected chi connectivity index (χ3v) is 2.67. The molecule has 0 aliphatic carbocycles. The molecule has 0 aliphatic heterocycles. The van der Waals surface area contributed by atoms with E-state index in [0.29, 0.717) is 0 Å². The highest BCUT2D eigenvalue weighted by molar-refractivity contribution is 7.09. The Morgan fingerprint density at radius 2 is 2.33 bits per heavy atom. The summed E-state index contributed by atoms with van der Waals surface area (Å²) in [6, 6.07) is 0. The average Bonchev–Trinajstić information content (AvgIpc) is 2.76. The molecule has 15 heavy (non-hydrogen) atoms. The van der Waals surface area contributed by atoms with Crippen molar-refractivity contribution in [1.29, 1.82) is 0 Å². The van der Waals surface area contributed by atoms with Gasteiger partial charge >= 0.3 is 0 Å². The van der Waals surface area contributed by atoms with Gasteiger partial charge < -0.3 is 5.32 Å². The van der Waals surface area contributed by atoms with E-state index in [2.05, 4.69) is 19.8 Å². The summed E-state index contributed by atoms with van der Waals surface area (Å²) in [5.74, 6) is 0.817. The number of rotatable bonds is 4. The lowest BCUT2D eigenvalue weighted by Gasteiger charge is -2.01. The van der Waals surface area contributed by atoms with Gasteiger partial charge in [-0.1, -0.05) is 0 Å². The van der Waals surface area contributed by atoms with E-state index >= 15 is 0 Å². The molecular formula is C9H13N5S. The molecule has 0 bridgehead atoms. The van der Waals surface area contributed by atoms with Crippen molar-refractivity contribution in [2.24, 2.45) is 0 Å². The Bertz CT molecular complexity index is 393. The molecule has 0 aromatic carbocycles. The molecule has 0 radical (unpaired) electrons. The summed E-state index contributed by atoms with van der Waals surface area (Å²) in [6.07, 6.45) is 3.88. The predicted molar refractivity (Wildman–Crippen MR) is 60.1 cm³/mol. The molecule has 2 aromatic heterocycles. The lowest BCUT2D eigenvalue weighted by molar-refractivity contribution is 0.637. The maximum atomic E-state index is 4.21. The average molecular weight is 223 g/mol. The van der Waals surface area contributed by atoms with E-state index in [1.54, 1.807) is 0 Å². The molecule has 0 amide bonds. The fourth-order valence-electron chi connectivity index (χ4n) is 1.24. The van der Waals surface area contributed by atoms with Crippen LogP contribution >= 0.6 is 11.5 Å². The molecule has 5 nitrogen and oxygen atoms in total. The maximum absolute atomic E-state index is 4.21. The number of aromatic nitrogens is 4. The van der Waals surface area contributed by atoms with E-state index in [1.165, 1.54) is 17.1 Å². The van der Waals surface area contributed by atoms with Gasteiger partial charge in [0.05, 0.1) is 12.7 Å². The van der Waals surface area contributed by atoms with E-state index in [9.17, 15) is 0 Å². The molecule has 2 aromatic rings. The van der Waals surface area contributed by atoms with Crippen molar-refractivity contribution >= 4 is 16.7 Å². The van der Waals surface area contributed by atoms with Crippen molar-refractivity contribution in [3.05, 3.63) is 23.8 Å². The van der Waals surface area contributed by atoms with Crippen molar-refractivity contribution in [2.75, 3.05) is 11.9 Å². The first kappa shape index (κ1) is 10.1. The molecule has 0 aliphatic rings. The quantitative estimate of drug-likeness (QED) is 0.852. The number of nitrogens with zero attached hydrogens (tertiary/aromatic N) is 4. The van der Waals surface area contributed by atoms with Crippen LogP contribution in [0, 0.1) is 13.8 Å².